The molecule has 1 heteroatoms. The lowest BCUT2D eigenvalue weighted by atomic mass is 10.5. The summed E-state index contributed by atoms with van der Waals surface area (Å²) in [5.41, 5.74) is 0. The van der Waals surface area contributed by atoms with E-state index < -0.39 is 0 Å². The van der Waals surface area contributed by atoms with Crippen LogP contribution in [-0.2, 0) is 0 Å². The largest absolute Gasteiger partial charge is 0.371 e. The molecular formula is C7H11N. The van der Waals surface area contributed by atoms with E-state index in [4.69, 9.17) is 0 Å². The van der Waals surface area contributed by atoms with Gasteiger partial charge in [0.25, 0.3) is 0 Å². The topological polar surface area (TPSA) is 3.01 Å². The van der Waals surface area contributed by atoms with Gasteiger partial charge in [-0.2, -0.15) is 0 Å². The normalized spacial score (nSPS) is 26.6. The average Bonchev–Trinajstić information content (AvgIpc) is 2.42. The summed E-state index contributed by atoms with van der Waals surface area (Å²) in [7, 11) is 0. The van der Waals surface area contributed by atoms with Crippen molar-refractivity contribution >= 4 is 0 Å². The second-order valence-corrected chi connectivity index (χ2v) is 2.12. The van der Waals surface area contributed by atoms with Gasteiger partial charge in [0.2, 0.25) is 0 Å². The van der Waals surface area contributed by atoms with Crippen molar-refractivity contribution < 1.29 is 0 Å². The molecule has 1 atom stereocenters. The van der Waals surface area contributed by atoms with Crippen LogP contribution in [0.5, 0.6) is 0 Å². The number of allylic oxidation sites excluding steroid dienone is 2. The summed E-state index contributed by atoms with van der Waals surface area (Å²) in [6, 6.07) is 0.770. The molecule has 0 bridgehead atoms. The minimum absolute atomic E-state index is 0.770. The van der Waals surface area contributed by atoms with Crippen LogP contribution in [0.3, 0.4) is 0 Å². The Kier molecular flexibility index (Phi) is 1.38. The molecular weight excluding hydrogens is 98.1 g/mol. The van der Waals surface area contributed by atoms with Crippen molar-refractivity contribution in [2.45, 2.75) is 13.0 Å². The van der Waals surface area contributed by atoms with Crippen molar-refractivity contribution in [1.82, 2.24) is 4.90 Å². The Morgan fingerprint density at radius 3 is 2.75 bits per heavy atom. The zero-order valence-corrected chi connectivity index (χ0v) is 5.17. The minimum Gasteiger partial charge on any atom is -0.371 e. The smallest absolute Gasteiger partial charge is 0.0432 e. The highest BCUT2D eigenvalue weighted by Crippen LogP contribution is 2.15. The maximum absolute atomic E-state index is 3.57. The molecule has 0 amide bonds. The zero-order valence-electron chi connectivity index (χ0n) is 5.17. The van der Waals surface area contributed by atoms with Gasteiger partial charge in [-0.1, -0.05) is 12.7 Å². The minimum atomic E-state index is 0.770. The number of nitrogens with zero attached hydrogens (tertiary/aromatic N) is 1. The summed E-state index contributed by atoms with van der Waals surface area (Å²) in [4.78, 5) is 2.25. The van der Waals surface area contributed by atoms with Gasteiger partial charge in [0, 0.05) is 12.6 Å². The van der Waals surface area contributed by atoms with Crippen LogP contribution in [0, 0.1) is 0 Å². The first-order chi connectivity index (χ1) is 3.84. The number of rotatable bonds is 2. The van der Waals surface area contributed by atoms with Gasteiger partial charge in [-0.3, -0.25) is 0 Å². The summed E-state index contributed by atoms with van der Waals surface area (Å²) in [5.74, 6) is 0. The lowest BCUT2D eigenvalue weighted by Crippen LogP contribution is -1.83. The molecule has 1 heterocycles. The molecule has 0 aromatic heterocycles. The maximum Gasteiger partial charge on any atom is 0.0432 e. The quantitative estimate of drug-likeness (QED) is 0.382. The van der Waals surface area contributed by atoms with E-state index in [1.807, 2.05) is 6.08 Å². The van der Waals surface area contributed by atoms with Gasteiger partial charge in [0.1, 0.15) is 0 Å². The fraction of sp³-hybridized carbons (Fsp3) is 0.429. The van der Waals surface area contributed by atoms with Crippen LogP contribution in [0.25, 0.3) is 0 Å². The monoisotopic (exact) mass is 109 g/mol. The first-order valence-corrected chi connectivity index (χ1v) is 2.89. The third-order valence-corrected chi connectivity index (χ3v) is 1.32. The van der Waals surface area contributed by atoms with E-state index in [-0.39, 0.29) is 0 Å². The molecule has 0 aromatic carbocycles. The molecule has 0 aromatic rings. The van der Waals surface area contributed by atoms with Crippen molar-refractivity contribution in [3.63, 3.8) is 0 Å². The van der Waals surface area contributed by atoms with Gasteiger partial charge in [-0.25, -0.2) is 0 Å². The number of hydrogen-bond acceptors (Lipinski definition) is 1. The van der Waals surface area contributed by atoms with Crippen LogP contribution in [0.2, 0.25) is 0 Å². The van der Waals surface area contributed by atoms with Crippen LogP contribution in [0.1, 0.15) is 6.92 Å². The lowest BCUT2D eigenvalue weighted by Gasteiger charge is -1.86. The SMILES string of the molecule is C=CC=CN1CC1C. The average molecular weight is 109 g/mol. The first-order valence-electron chi connectivity index (χ1n) is 2.89. The van der Waals surface area contributed by atoms with Gasteiger partial charge in [0.05, 0.1) is 0 Å². The summed E-state index contributed by atoms with van der Waals surface area (Å²) in [5, 5.41) is 0. The Morgan fingerprint density at radius 1 is 1.75 bits per heavy atom. The standard InChI is InChI=1S/C7H11N/c1-3-4-5-8-6-7(8)2/h3-5,7H,1,6H2,2H3. The van der Waals surface area contributed by atoms with E-state index in [0.29, 0.717) is 0 Å². The van der Waals surface area contributed by atoms with E-state index in [1.165, 1.54) is 6.54 Å². The second kappa shape index (κ2) is 2.03. The fourth-order valence-corrected chi connectivity index (χ4v) is 0.637. The van der Waals surface area contributed by atoms with Gasteiger partial charge in [-0.15, -0.1) is 0 Å². The third-order valence-electron chi connectivity index (χ3n) is 1.32. The molecule has 1 nitrogen and oxygen atoms in total. The zero-order chi connectivity index (χ0) is 5.98. The van der Waals surface area contributed by atoms with Crippen molar-refractivity contribution in [2.24, 2.45) is 0 Å². The van der Waals surface area contributed by atoms with E-state index in [9.17, 15) is 0 Å². The molecule has 0 radical (unpaired) electrons. The lowest BCUT2D eigenvalue weighted by molar-refractivity contribution is 0.702. The molecule has 1 unspecified atom stereocenters. The second-order valence-electron chi connectivity index (χ2n) is 2.12. The van der Waals surface area contributed by atoms with Crippen molar-refractivity contribution in [1.29, 1.82) is 0 Å². The van der Waals surface area contributed by atoms with Gasteiger partial charge >= 0.3 is 0 Å². The first kappa shape index (κ1) is 5.42. The van der Waals surface area contributed by atoms with E-state index in [1.54, 1.807) is 6.08 Å². The van der Waals surface area contributed by atoms with Crippen molar-refractivity contribution in [3.8, 4) is 0 Å². The van der Waals surface area contributed by atoms with E-state index in [0.717, 1.165) is 6.04 Å². The van der Waals surface area contributed by atoms with Crippen LogP contribution in [0.4, 0.5) is 0 Å². The molecule has 8 heavy (non-hydrogen) atoms. The molecule has 1 aliphatic heterocycles. The van der Waals surface area contributed by atoms with Crippen molar-refractivity contribution in [2.75, 3.05) is 6.54 Å². The van der Waals surface area contributed by atoms with E-state index >= 15 is 0 Å². The van der Waals surface area contributed by atoms with Crippen molar-refractivity contribution in [3.05, 3.63) is 24.9 Å². The molecule has 1 rings (SSSR count). The highest BCUT2D eigenvalue weighted by molar-refractivity contribution is 5.03. The van der Waals surface area contributed by atoms with Crippen LogP contribution >= 0.6 is 0 Å². The summed E-state index contributed by atoms with van der Waals surface area (Å²) in [6.07, 6.45) is 5.83. The van der Waals surface area contributed by atoms with Gasteiger partial charge in [0.15, 0.2) is 0 Å². The molecule has 0 saturated carbocycles. The van der Waals surface area contributed by atoms with Gasteiger partial charge in [-0.05, 0) is 19.2 Å². The molecule has 0 N–H and O–H groups in total. The van der Waals surface area contributed by atoms with Crippen LogP contribution in [0.15, 0.2) is 24.9 Å². The predicted octanol–water partition coefficient (Wildman–Crippen LogP) is 1.39. The van der Waals surface area contributed by atoms with Gasteiger partial charge < -0.3 is 4.90 Å². The van der Waals surface area contributed by atoms with E-state index in [2.05, 4.69) is 24.6 Å². The Balaban J connectivity index is 2.21. The Bertz CT molecular complexity index is 116. The maximum atomic E-state index is 3.57. The molecule has 1 fully saturated rings. The summed E-state index contributed by atoms with van der Waals surface area (Å²) < 4.78 is 0. The molecule has 0 aliphatic carbocycles. The van der Waals surface area contributed by atoms with Crippen LogP contribution in [-0.4, -0.2) is 17.5 Å². The van der Waals surface area contributed by atoms with Crippen LogP contribution < -0.4 is 0 Å². The molecule has 44 valence electrons. The third kappa shape index (κ3) is 1.12. The molecule has 1 aliphatic rings. The summed E-state index contributed by atoms with van der Waals surface area (Å²) >= 11 is 0. The highest BCUT2D eigenvalue weighted by atomic mass is 15.3. The Labute approximate surface area is 50.3 Å². The molecule has 1 saturated heterocycles. The Morgan fingerprint density at radius 2 is 2.38 bits per heavy atom. The number of hydrogen-bond donors (Lipinski definition) is 0. The fourth-order valence-electron chi connectivity index (χ4n) is 0.637. The summed E-state index contributed by atoms with van der Waals surface area (Å²) in [6.45, 7) is 6.99. The Hall–Kier alpha value is -0.720. The molecule has 0 spiro atoms. The highest BCUT2D eigenvalue weighted by Gasteiger charge is 2.23. The predicted molar refractivity (Wildman–Crippen MR) is 35.5 cm³/mol.